The Morgan fingerprint density at radius 1 is 1.13 bits per heavy atom. The van der Waals surface area contributed by atoms with Crippen LogP contribution in [0.25, 0.3) is 0 Å². The first-order chi connectivity index (χ1) is 11.1. The van der Waals surface area contributed by atoms with E-state index in [1.165, 1.54) is 16.4 Å². The van der Waals surface area contributed by atoms with Gasteiger partial charge in [-0.25, -0.2) is 8.42 Å². The number of hydrogen-bond acceptors (Lipinski definition) is 5. The standard InChI is InChI=1S/C15H16ClN3O3S/c16-12-3-5-14(6-4-12)23(20,21)19-10-7-13(8-11-19)22-15-2-1-9-17-18-15/h1-6,9,13H,7-8,10-11H2. The van der Waals surface area contributed by atoms with Crippen molar-refractivity contribution >= 4 is 21.6 Å². The van der Waals surface area contributed by atoms with Gasteiger partial charge in [0.05, 0.1) is 4.90 Å². The molecule has 23 heavy (non-hydrogen) atoms. The summed E-state index contributed by atoms with van der Waals surface area (Å²) in [7, 11) is -3.48. The van der Waals surface area contributed by atoms with Crippen molar-refractivity contribution in [2.45, 2.75) is 23.8 Å². The van der Waals surface area contributed by atoms with Gasteiger partial charge in [-0.3, -0.25) is 0 Å². The number of ether oxygens (including phenoxy) is 1. The third kappa shape index (κ3) is 3.80. The third-order valence-electron chi connectivity index (χ3n) is 3.69. The number of rotatable bonds is 4. The maximum Gasteiger partial charge on any atom is 0.243 e. The summed E-state index contributed by atoms with van der Waals surface area (Å²) >= 11 is 5.81. The van der Waals surface area contributed by atoms with Crippen LogP contribution in [0.4, 0.5) is 0 Å². The topological polar surface area (TPSA) is 72.4 Å². The van der Waals surface area contributed by atoms with Crippen molar-refractivity contribution in [2.75, 3.05) is 13.1 Å². The summed E-state index contributed by atoms with van der Waals surface area (Å²) in [6.45, 7) is 0.825. The van der Waals surface area contributed by atoms with E-state index in [2.05, 4.69) is 10.2 Å². The first-order valence-electron chi connectivity index (χ1n) is 7.26. The summed E-state index contributed by atoms with van der Waals surface area (Å²) in [6, 6.07) is 9.71. The van der Waals surface area contributed by atoms with E-state index in [-0.39, 0.29) is 11.0 Å². The van der Waals surface area contributed by atoms with Crippen molar-refractivity contribution in [1.82, 2.24) is 14.5 Å². The molecule has 1 fully saturated rings. The van der Waals surface area contributed by atoms with Gasteiger partial charge in [-0.1, -0.05) is 11.6 Å². The van der Waals surface area contributed by atoms with Crippen LogP contribution >= 0.6 is 11.6 Å². The van der Waals surface area contributed by atoms with Crippen molar-refractivity contribution in [3.05, 3.63) is 47.6 Å². The fourth-order valence-corrected chi connectivity index (χ4v) is 4.06. The minimum Gasteiger partial charge on any atom is -0.473 e. The average Bonchev–Trinajstić information content (AvgIpc) is 2.57. The van der Waals surface area contributed by atoms with Crippen molar-refractivity contribution in [3.63, 3.8) is 0 Å². The van der Waals surface area contributed by atoms with Gasteiger partial charge in [0.25, 0.3) is 0 Å². The Balaban J connectivity index is 1.63. The van der Waals surface area contributed by atoms with Gasteiger partial charge in [-0.05, 0) is 43.2 Å². The van der Waals surface area contributed by atoms with Crippen molar-refractivity contribution in [2.24, 2.45) is 0 Å². The molecule has 0 radical (unpaired) electrons. The van der Waals surface area contributed by atoms with E-state index >= 15 is 0 Å². The van der Waals surface area contributed by atoms with E-state index in [4.69, 9.17) is 16.3 Å². The lowest BCUT2D eigenvalue weighted by Gasteiger charge is -2.31. The second-order valence-corrected chi connectivity index (χ2v) is 7.61. The van der Waals surface area contributed by atoms with Gasteiger partial charge in [-0.2, -0.15) is 9.40 Å². The monoisotopic (exact) mass is 353 g/mol. The normalized spacial score (nSPS) is 17.1. The summed E-state index contributed by atoms with van der Waals surface area (Å²) in [4.78, 5) is 0.259. The van der Waals surface area contributed by atoms with Gasteiger partial charge < -0.3 is 4.74 Å². The van der Waals surface area contributed by atoms with E-state index in [0.717, 1.165) is 0 Å². The Morgan fingerprint density at radius 2 is 1.83 bits per heavy atom. The summed E-state index contributed by atoms with van der Waals surface area (Å²) in [5.74, 6) is 0.464. The van der Waals surface area contributed by atoms with E-state index in [9.17, 15) is 8.42 Å². The number of piperidine rings is 1. The van der Waals surface area contributed by atoms with E-state index in [0.29, 0.717) is 36.8 Å². The van der Waals surface area contributed by atoms with Crippen LogP contribution in [0.3, 0.4) is 0 Å². The molecule has 0 aliphatic carbocycles. The number of halogens is 1. The van der Waals surface area contributed by atoms with Gasteiger partial charge >= 0.3 is 0 Å². The molecule has 0 spiro atoms. The molecule has 0 N–H and O–H groups in total. The number of nitrogens with zero attached hydrogens (tertiary/aromatic N) is 3. The SMILES string of the molecule is O=S(=O)(c1ccc(Cl)cc1)N1CCC(Oc2cccnn2)CC1. The Labute approximate surface area is 140 Å². The molecule has 1 aliphatic rings. The van der Waals surface area contributed by atoms with E-state index < -0.39 is 10.0 Å². The Bertz CT molecular complexity index is 745. The zero-order valence-corrected chi connectivity index (χ0v) is 13.9. The second-order valence-electron chi connectivity index (χ2n) is 5.24. The smallest absolute Gasteiger partial charge is 0.243 e. The van der Waals surface area contributed by atoms with Crippen LogP contribution in [0, 0.1) is 0 Å². The molecule has 1 aromatic heterocycles. The summed E-state index contributed by atoms with van der Waals surface area (Å²) in [6.07, 6.45) is 2.75. The van der Waals surface area contributed by atoms with Crippen LogP contribution < -0.4 is 4.74 Å². The van der Waals surface area contributed by atoms with Gasteiger partial charge in [0.2, 0.25) is 15.9 Å². The number of hydrogen-bond donors (Lipinski definition) is 0. The molecule has 0 bridgehead atoms. The molecule has 0 atom stereocenters. The molecule has 0 saturated carbocycles. The Morgan fingerprint density at radius 3 is 2.43 bits per heavy atom. The van der Waals surface area contributed by atoms with E-state index in [1.54, 1.807) is 30.5 Å². The lowest BCUT2D eigenvalue weighted by molar-refractivity contribution is 0.128. The molecule has 1 aliphatic heterocycles. The largest absolute Gasteiger partial charge is 0.473 e. The van der Waals surface area contributed by atoms with Crippen LogP contribution in [0.2, 0.25) is 5.02 Å². The maximum absolute atomic E-state index is 12.6. The minimum atomic E-state index is -3.48. The van der Waals surface area contributed by atoms with Crippen LogP contribution in [-0.4, -0.2) is 42.1 Å². The molecular formula is C15H16ClN3O3S. The molecule has 0 unspecified atom stereocenters. The van der Waals surface area contributed by atoms with Gasteiger partial charge in [0.1, 0.15) is 6.10 Å². The molecule has 2 aromatic rings. The highest BCUT2D eigenvalue weighted by molar-refractivity contribution is 7.89. The molecule has 3 rings (SSSR count). The first-order valence-corrected chi connectivity index (χ1v) is 9.07. The quantitative estimate of drug-likeness (QED) is 0.843. The first kappa shape index (κ1) is 16.2. The third-order valence-corrected chi connectivity index (χ3v) is 5.85. The number of aromatic nitrogens is 2. The molecular weight excluding hydrogens is 338 g/mol. The predicted octanol–water partition coefficient (Wildman–Crippen LogP) is 2.36. The molecule has 6 nitrogen and oxygen atoms in total. The van der Waals surface area contributed by atoms with Gasteiger partial charge in [0.15, 0.2) is 0 Å². The molecule has 122 valence electrons. The minimum absolute atomic E-state index is 0.0524. The van der Waals surface area contributed by atoms with Crippen LogP contribution in [0.5, 0.6) is 5.88 Å². The van der Waals surface area contributed by atoms with Crippen LogP contribution in [0.15, 0.2) is 47.5 Å². The summed E-state index contributed by atoms with van der Waals surface area (Å²) in [5, 5.41) is 8.15. The fraction of sp³-hybridized carbons (Fsp3) is 0.333. The highest BCUT2D eigenvalue weighted by Gasteiger charge is 2.30. The van der Waals surface area contributed by atoms with E-state index in [1.807, 2.05) is 0 Å². The molecule has 8 heteroatoms. The predicted molar refractivity (Wildman–Crippen MR) is 85.9 cm³/mol. The average molecular weight is 354 g/mol. The van der Waals surface area contributed by atoms with Crippen molar-refractivity contribution in [3.8, 4) is 5.88 Å². The second kappa shape index (κ2) is 6.82. The Kier molecular flexibility index (Phi) is 4.79. The molecule has 1 saturated heterocycles. The molecule has 0 amide bonds. The highest BCUT2D eigenvalue weighted by Crippen LogP contribution is 2.23. The van der Waals surface area contributed by atoms with Gasteiger partial charge in [-0.15, -0.1) is 5.10 Å². The van der Waals surface area contributed by atoms with Crippen LogP contribution in [0.1, 0.15) is 12.8 Å². The van der Waals surface area contributed by atoms with Crippen molar-refractivity contribution in [1.29, 1.82) is 0 Å². The van der Waals surface area contributed by atoms with Crippen molar-refractivity contribution < 1.29 is 13.2 Å². The zero-order valence-electron chi connectivity index (χ0n) is 12.3. The summed E-state index contributed by atoms with van der Waals surface area (Å²) < 4.78 is 32.4. The highest BCUT2D eigenvalue weighted by atomic mass is 35.5. The number of benzene rings is 1. The fourth-order valence-electron chi connectivity index (χ4n) is 2.47. The number of sulfonamides is 1. The molecule has 1 aromatic carbocycles. The van der Waals surface area contributed by atoms with Crippen LogP contribution in [-0.2, 0) is 10.0 Å². The van der Waals surface area contributed by atoms with Gasteiger partial charge in [0, 0.05) is 30.4 Å². The lowest BCUT2D eigenvalue weighted by Crippen LogP contribution is -2.41. The zero-order chi connectivity index (χ0) is 16.3. The maximum atomic E-state index is 12.6. The lowest BCUT2D eigenvalue weighted by atomic mass is 10.1. The molecule has 2 heterocycles. The Hall–Kier alpha value is -1.70. The summed E-state index contributed by atoms with van der Waals surface area (Å²) in [5.41, 5.74) is 0.